The van der Waals surface area contributed by atoms with Crippen LogP contribution in [-0.4, -0.2) is 25.0 Å². The number of rotatable bonds is 3. The van der Waals surface area contributed by atoms with Crippen molar-refractivity contribution < 1.29 is 14.3 Å². The predicted molar refractivity (Wildman–Crippen MR) is 78.2 cm³/mol. The maximum Gasteiger partial charge on any atom is 0.414 e. The second kappa shape index (κ2) is 5.65. The van der Waals surface area contributed by atoms with Gasteiger partial charge in [0.25, 0.3) is 0 Å². The highest BCUT2D eigenvalue weighted by molar-refractivity contribution is 6.10. The van der Waals surface area contributed by atoms with Crippen molar-refractivity contribution in [1.29, 1.82) is 0 Å². The normalized spacial score (nSPS) is 16.8. The van der Waals surface area contributed by atoms with Crippen LogP contribution < -0.4 is 4.90 Å². The molecule has 4 heteroatoms. The van der Waals surface area contributed by atoms with Crippen molar-refractivity contribution in [3.8, 4) is 0 Å². The van der Waals surface area contributed by atoms with E-state index >= 15 is 0 Å². The number of fused-ring (bicyclic) bond motifs is 1. The molecule has 0 fully saturated rings. The number of nitrogens with zero attached hydrogens (tertiary/aromatic N) is 1. The first kappa shape index (κ1) is 14.6. The number of para-hydroxylation sites is 1. The van der Waals surface area contributed by atoms with Gasteiger partial charge in [0.05, 0.1) is 12.3 Å². The van der Waals surface area contributed by atoms with E-state index in [2.05, 4.69) is 0 Å². The fourth-order valence-corrected chi connectivity index (χ4v) is 2.36. The number of ether oxygens (including phenoxy) is 1. The summed E-state index contributed by atoms with van der Waals surface area (Å²) in [6.07, 6.45) is 1.46. The van der Waals surface area contributed by atoms with Gasteiger partial charge >= 0.3 is 6.09 Å². The number of benzene rings is 1. The van der Waals surface area contributed by atoms with Crippen LogP contribution in [0.4, 0.5) is 10.5 Å². The lowest BCUT2D eigenvalue weighted by atomic mass is 9.80. The molecule has 1 amide bonds. The molecule has 0 N–H and O–H groups in total. The van der Waals surface area contributed by atoms with Crippen molar-refractivity contribution >= 4 is 17.6 Å². The lowest BCUT2D eigenvalue weighted by molar-refractivity contribution is 0.0829. The van der Waals surface area contributed by atoms with Crippen LogP contribution in [-0.2, 0) is 4.74 Å². The molecule has 0 aromatic heterocycles. The molecule has 0 aliphatic carbocycles. The van der Waals surface area contributed by atoms with Crippen LogP contribution in [0.3, 0.4) is 0 Å². The molecule has 1 heterocycles. The molecule has 1 aliphatic heterocycles. The molecule has 1 aromatic rings. The molecule has 1 aliphatic rings. The van der Waals surface area contributed by atoms with Gasteiger partial charge in [0.2, 0.25) is 0 Å². The van der Waals surface area contributed by atoms with Crippen LogP contribution >= 0.6 is 0 Å². The summed E-state index contributed by atoms with van der Waals surface area (Å²) in [5.74, 6) is 0.0747. The van der Waals surface area contributed by atoms with E-state index in [1.807, 2.05) is 32.9 Å². The Morgan fingerprint density at radius 3 is 2.75 bits per heavy atom. The molecule has 0 radical (unpaired) electrons. The predicted octanol–water partition coefficient (Wildman–Crippen LogP) is 3.65. The number of carbonyl (C=O) groups is 2. The Labute approximate surface area is 119 Å². The second-order valence-electron chi connectivity index (χ2n) is 5.78. The second-order valence-corrected chi connectivity index (χ2v) is 5.78. The number of unbranched alkanes of at least 4 members (excludes halogenated alkanes) is 1. The summed E-state index contributed by atoms with van der Waals surface area (Å²) in [6, 6.07) is 7.21. The standard InChI is InChI=1S/C16H21NO3/c1-4-5-10-20-15(19)17-11-16(2,3)14(18)12-8-6-7-9-13(12)17/h6-9H,4-5,10-11H2,1-3H3. The summed E-state index contributed by atoms with van der Waals surface area (Å²) < 4.78 is 5.28. The van der Waals surface area contributed by atoms with Crippen molar-refractivity contribution in [2.24, 2.45) is 5.41 Å². The van der Waals surface area contributed by atoms with Crippen molar-refractivity contribution in [2.75, 3.05) is 18.1 Å². The molecular formula is C16H21NO3. The number of carbonyl (C=O) groups excluding carboxylic acids is 2. The molecule has 0 unspecified atom stereocenters. The summed E-state index contributed by atoms with van der Waals surface area (Å²) in [6.45, 7) is 6.54. The summed E-state index contributed by atoms with van der Waals surface area (Å²) in [4.78, 5) is 26.2. The van der Waals surface area contributed by atoms with Crippen LogP contribution in [0.25, 0.3) is 0 Å². The van der Waals surface area contributed by atoms with Gasteiger partial charge in [0.1, 0.15) is 0 Å². The van der Waals surface area contributed by atoms with Gasteiger partial charge in [-0.1, -0.05) is 39.3 Å². The van der Waals surface area contributed by atoms with E-state index in [-0.39, 0.29) is 11.9 Å². The Bertz CT molecular complexity index is 522. The van der Waals surface area contributed by atoms with Crippen LogP contribution in [0.2, 0.25) is 0 Å². The van der Waals surface area contributed by atoms with Crippen molar-refractivity contribution in [2.45, 2.75) is 33.6 Å². The monoisotopic (exact) mass is 275 g/mol. The molecule has 1 aromatic carbocycles. The molecule has 20 heavy (non-hydrogen) atoms. The van der Waals surface area contributed by atoms with Crippen LogP contribution in [0, 0.1) is 5.41 Å². The number of anilines is 1. The maximum absolute atomic E-state index is 12.4. The van der Waals surface area contributed by atoms with E-state index in [9.17, 15) is 9.59 Å². The highest BCUT2D eigenvalue weighted by atomic mass is 16.6. The van der Waals surface area contributed by atoms with Gasteiger partial charge in [0.15, 0.2) is 5.78 Å². The van der Waals surface area contributed by atoms with E-state index in [4.69, 9.17) is 4.74 Å². The van der Waals surface area contributed by atoms with E-state index in [1.165, 1.54) is 0 Å². The lowest BCUT2D eigenvalue weighted by Crippen LogP contribution is -2.47. The first-order valence-corrected chi connectivity index (χ1v) is 7.05. The Morgan fingerprint density at radius 2 is 2.05 bits per heavy atom. The fraction of sp³-hybridized carbons (Fsp3) is 0.500. The smallest absolute Gasteiger partial charge is 0.414 e. The number of hydrogen-bond acceptors (Lipinski definition) is 3. The van der Waals surface area contributed by atoms with E-state index in [1.54, 1.807) is 17.0 Å². The van der Waals surface area contributed by atoms with Gasteiger partial charge in [-0.2, -0.15) is 0 Å². The summed E-state index contributed by atoms with van der Waals surface area (Å²) in [5, 5.41) is 0. The van der Waals surface area contributed by atoms with Crippen LogP contribution in [0.1, 0.15) is 44.0 Å². The van der Waals surface area contributed by atoms with Crippen molar-refractivity contribution in [3.05, 3.63) is 29.8 Å². The Morgan fingerprint density at radius 1 is 1.35 bits per heavy atom. The largest absolute Gasteiger partial charge is 0.449 e. The molecule has 0 saturated heterocycles. The molecule has 0 saturated carbocycles. The third-order valence-corrected chi connectivity index (χ3v) is 3.55. The molecule has 4 nitrogen and oxygen atoms in total. The van der Waals surface area contributed by atoms with Crippen molar-refractivity contribution in [3.63, 3.8) is 0 Å². The van der Waals surface area contributed by atoms with Gasteiger partial charge in [0, 0.05) is 17.5 Å². The highest BCUT2D eigenvalue weighted by Crippen LogP contribution is 2.36. The summed E-state index contributed by atoms with van der Waals surface area (Å²) in [7, 11) is 0. The van der Waals surface area contributed by atoms with Crippen LogP contribution in [0.5, 0.6) is 0 Å². The maximum atomic E-state index is 12.4. The van der Waals surface area contributed by atoms with Crippen molar-refractivity contribution in [1.82, 2.24) is 0 Å². The first-order chi connectivity index (χ1) is 9.47. The Hall–Kier alpha value is -1.84. The van der Waals surface area contributed by atoms with Gasteiger partial charge in [-0.15, -0.1) is 0 Å². The Balaban J connectivity index is 2.27. The first-order valence-electron chi connectivity index (χ1n) is 7.05. The highest BCUT2D eigenvalue weighted by Gasteiger charge is 2.40. The van der Waals surface area contributed by atoms with Gasteiger partial charge in [-0.05, 0) is 18.6 Å². The minimum atomic E-state index is -0.585. The zero-order chi connectivity index (χ0) is 14.8. The van der Waals surface area contributed by atoms with E-state index in [0.717, 1.165) is 12.8 Å². The number of Topliss-reactive ketones (excluding diaryl/α,β-unsaturated/α-hetero) is 1. The van der Waals surface area contributed by atoms with Gasteiger partial charge in [-0.25, -0.2) is 4.79 Å². The fourth-order valence-electron chi connectivity index (χ4n) is 2.36. The topological polar surface area (TPSA) is 46.6 Å². The third kappa shape index (κ3) is 2.69. The SMILES string of the molecule is CCCCOC(=O)N1CC(C)(C)C(=O)c2ccccc21. The molecule has 0 atom stereocenters. The molecule has 2 rings (SSSR count). The van der Waals surface area contributed by atoms with Crippen LogP contribution in [0.15, 0.2) is 24.3 Å². The van der Waals surface area contributed by atoms with E-state index < -0.39 is 5.41 Å². The zero-order valence-corrected chi connectivity index (χ0v) is 12.3. The third-order valence-electron chi connectivity index (χ3n) is 3.55. The summed E-state index contributed by atoms with van der Waals surface area (Å²) >= 11 is 0. The minimum absolute atomic E-state index is 0.0747. The van der Waals surface area contributed by atoms with Gasteiger partial charge in [-0.3, -0.25) is 9.69 Å². The lowest BCUT2D eigenvalue weighted by Gasteiger charge is -2.37. The zero-order valence-electron chi connectivity index (χ0n) is 12.3. The quantitative estimate of drug-likeness (QED) is 0.791. The number of ketones is 1. The molecule has 0 bridgehead atoms. The molecule has 108 valence electrons. The average molecular weight is 275 g/mol. The molecule has 0 spiro atoms. The molecular weight excluding hydrogens is 254 g/mol. The Kier molecular flexibility index (Phi) is 4.12. The average Bonchev–Trinajstić information content (AvgIpc) is 2.43. The minimum Gasteiger partial charge on any atom is -0.449 e. The number of hydrogen-bond donors (Lipinski definition) is 0. The summed E-state index contributed by atoms with van der Waals surface area (Å²) in [5.41, 5.74) is 0.660. The van der Waals surface area contributed by atoms with E-state index in [0.29, 0.717) is 24.4 Å². The number of amides is 1. The van der Waals surface area contributed by atoms with Gasteiger partial charge < -0.3 is 4.74 Å².